The summed E-state index contributed by atoms with van der Waals surface area (Å²) < 4.78 is 28.5. The SMILES string of the molecule is CS(=O)(=O)c1ccc(COC(=O)c2ccc3cc(O)c(Cc4ccc(C(=O)O)cc4)c(O)c3c2)cc1. The van der Waals surface area contributed by atoms with Crippen molar-refractivity contribution in [2.45, 2.75) is 17.9 Å². The zero-order chi connectivity index (χ0) is 26.0. The molecular formula is C27H22O8S. The van der Waals surface area contributed by atoms with Crippen molar-refractivity contribution in [3.63, 3.8) is 0 Å². The number of aromatic carboxylic acids is 1. The van der Waals surface area contributed by atoms with Crippen molar-refractivity contribution >= 4 is 32.5 Å². The van der Waals surface area contributed by atoms with Crippen molar-refractivity contribution in [2.75, 3.05) is 6.26 Å². The standard InChI is InChI=1S/C27H22O8S/c1-36(33,34)21-10-4-17(5-11-21)15-35-27(32)20-9-8-19-14-24(28)23(25(29)22(19)13-20)12-16-2-6-18(7-3-16)26(30)31/h2-11,13-14,28-29H,12,15H2,1H3,(H,30,31). The van der Waals surface area contributed by atoms with Crippen LogP contribution in [0.15, 0.2) is 77.7 Å². The van der Waals surface area contributed by atoms with Gasteiger partial charge in [-0.1, -0.05) is 30.3 Å². The van der Waals surface area contributed by atoms with Crippen LogP contribution in [0.25, 0.3) is 10.8 Å². The Hall–Kier alpha value is -4.37. The quantitative estimate of drug-likeness (QED) is 0.316. The summed E-state index contributed by atoms with van der Waals surface area (Å²) in [6.07, 6.45) is 1.25. The van der Waals surface area contributed by atoms with Crippen LogP contribution in [-0.2, 0) is 27.6 Å². The minimum atomic E-state index is -3.32. The molecule has 9 heteroatoms. The van der Waals surface area contributed by atoms with Crippen LogP contribution >= 0.6 is 0 Å². The predicted octanol–water partition coefficient (Wildman–Crippen LogP) is 4.30. The van der Waals surface area contributed by atoms with E-state index in [1.54, 1.807) is 30.3 Å². The molecule has 0 aromatic heterocycles. The van der Waals surface area contributed by atoms with Gasteiger partial charge >= 0.3 is 11.9 Å². The summed E-state index contributed by atoms with van der Waals surface area (Å²) in [5.74, 6) is -2.01. The number of phenolic OH excluding ortho intramolecular Hbond substituents is 2. The fourth-order valence-electron chi connectivity index (χ4n) is 3.74. The van der Waals surface area contributed by atoms with Gasteiger partial charge in [0.15, 0.2) is 9.84 Å². The van der Waals surface area contributed by atoms with Crippen LogP contribution in [-0.4, -0.2) is 41.9 Å². The molecule has 0 aliphatic heterocycles. The Balaban J connectivity index is 1.55. The molecule has 0 amide bonds. The number of carboxylic acid groups (broad SMARTS) is 1. The van der Waals surface area contributed by atoms with E-state index in [-0.39, 0.29) is 46.1 Å². The highest BCUT2D eigenvalue weighted by molar-refractivity contribution is 7.90. The summed E-state index contributed by atoms with van der Waals surface area (Å²) >= 11 is 0. The van der Waals surface area contributed by atoms with Gasteiger partial charge in [-0.15, -0.1) is 0 Å². The van der Waals surface area contributed by atoms with E-state index in [4.69, 9.17) is 9.84 Å². The topological polar surface area (TPSA) is 138 Å². The van der Waals surface area contributed by atoms with Crippen LogP contribution in [0.2, 0.25) is 0 Å². The molecule has 0 radical (unpaired) electrons. The predicted molar refractivity (Wildman–Crippen MR) is 132 cm³/mol. The van der Waals surface area contributed by atoms with Crippen LogP contribution in [0, 0.1) is 0 Å². The first-order valence-electron chi connectivity index (χ1n) is 10.8. The molecule has 0 fully saturated rings. The van der Waals surface area contributed by atoms with Crippen LogP contribution in [0.3, 0.4) is 0 Å². The number of phenols is 2. The third-order valence-corrected chi connectivity index (χ3v) is 6.86. The largest absolute Gasteiger partial charge is 0.507 e. The Morgan fingerprint density at radius 2 is 1.44 bits per heavy atom. The molecule has 4 aromatic rings. The summed E-state index contributed by atoms with van der Waals surface area (Å²) in [6.45, 7) is -0.0694. The summed E-state index contributed by atoms with van der Waals surface area (Å²) in [6, 6.07) is 18.1. The van der Waals surface area contributed by atoms with Gasteiger partial charge in [-0.3, -0.25) is 0 Å². The average Bonchev–Trinajstić information content (AvgIpc) is 2.85. The summed E-state index contributed by atoms with van der Waals surface area (Å²) in [4.78, 5) is 23.8. The van der Waals surface area contributed by atoms with E-state index >= 15 is 0 Å². The summed E-state index contributed by atoms with van der Waals surface area (Å²) in [5, 5.41) is 31.3. The maximum Gasteiger partial charge on any atom is 0.338 e. The number of benzene rings is 4. The van der Waals surface area contributed by atoms with Crippen molar-refractivity contribution in [3.05, 3.63) is 101 Å². The molecule has 0 atom stereocenters. The van der Waals surface area contributed by atoms with Gasteiger partial charge in [-0.05, 0) is 59.0 Å². The lowest BCUT2D eigenvalue weighted by Crippen LogP contribution is -2.05. The van der Waals surface area contributed by atoms with Crippen LogP contribution < -0.4 is 0 Å². The number of hydrogen-bond acceptors (Lipinski definition) is 7. The Bertz CT molecular complexity index is 1570. The lowest BCUT2D eigenvalue weighted by molar-refractivity contribution is 0.0472. The fraction of sp³-hybridized carbons (Fsp3) is 0.111. The zero-order valence-corrected chi connectivity index (χ0v) is 20.0. The maximum absolute atomic E-state index is 12.6. The van der Waals surface area contributed by atoms with Gasteiger partial charge in [0, 0.05) is 23.6 Å². The van der Waals surface area contributed by atoms with Crippen LogP contribution in [0.4, 0.5) is 0 Å². The minimum absolute atomic E-state index is 0.0694. The summed E-state index contributed by atoms with van der Waals surface area (Å²) in [7, 11) is -3.32. The van der Waals surface area contributed by atoms with E-state index in [9.17, 15) is 28.2 Å². The highest BCUT2D eigenvalue weighted by Gasteiger charge is 2.16. The maximum atomic E-state index is 12.6. The van der Waals surface area contributed by atoms with E-state index in [1.165, 1.54) is 42.5 Å². The molecule has 0 heterocycles. The van der Waals surface area contributed by atoms with Crippen LogP contribution in [0.1, 0.15) is 37.4 Å². The van der Waals surface area contributed by atoms with E-state index in [1.807, 2.05) is 0 Å². The van der Waals surface area contributed by atoms with Gasteiger partial charge in [0.2, 0.25) is 0 Å². The van der Waals surface area contributed by atoms with Crippen LogP contribution in [0.5, 0.6) is 11.5 Å². The average molecular weight is 507 g/mol. The zero-order valence-electron chi connectivity index (χ0n) is 19.1. The number of ether oxygens (including phenoxy) is 1. The lowest BCUT2D eigenvalue weighted by atomic mass is 9.97. The Morgan fingerprint density at radius 1 is 0.833 bits per heavy atom. The van der Waals surface area contributed by atoms with E-state index in [0.29, 0.717) is 21.9 Å². The molecule has 0 aliphatic carbocycles. The van der Waals surface area contributed by atoms with E-state index < -0.39 is 21.8 Å². The second-order valence-corrected chi connectivity index (χ2v) is 10.3. The molecule has 184 valence electrons. The lowest BCUT2D eigenvalue weighted by Gasteiger charge is -2.12. The van der Waals surface area contributed by atoms with E-state index in [2.05, 4.69) is 0 Å². The smallest absolute Gasteiger partial charge is 0.338 e. The molecular weight excluding hydrogens is 484 g/mol. The monoisotopic (exact) mass is 506 g/mol. The second-order valence-electron chi connectivity index (χ2n) is 8.33. The molecule has 3 N–H and O–H groups in total. The van der Waals surface area contributed by atoms with Gasteiger partial charge in [0.1, 0.15) is 18.1 Å². The number of carboxylic acids is 1. The van der Waals surface area contributed by atoms with Crippen molar-refractivity contribution in [1.82, 2.24) is 0 Å². The van der Waals surface area contributed by atoms with Gasteiger partial charge in [0.05, 0.1) is 16.0 Å². The Morgan fingerprint density at radius 3 is 2.06 bits per heavy atom. The third-order valence-electron chi connectivity index (χ3n) is 5.73. The highest BCUT2D eigenvalue weighted by atomic mass is 32.2. The molecule has 0 saturated carbocycles. The number of carbonyl (C=O) groups excluding carboxylic acids is 1. The summed E-state index contributed by atoms with van der Waals surface area (Å²) in [5.41, 5.74) is 1.85. The molecule has 0 unspecified atom stereocenters. The van der Waals surface area contributed by atoms with Crippen molar-refractivity contribution in [1.29, 1.82) is 0 Å². The number of carbonyl (C=O) groups is 2. The second kappa shape index (κ2) is 9.71. The number of hydrogen-bond donors (Lipinski definition) is 3. The van der Waals surface area contributed by atoms with Gasteiger partial charge in [0.25, 0.3) is 0 Å². The first-order chi connectivity index (χ1) is 17.0. The number of aromatic hydroxyl groups is 2. The Labute approximate surface area is 206 Å². The van der Waals surface area contributed by atoms with Gasteiger partial charge in [-0.2, -0.15) is 0 Å². The van der Waals surface area contributed by atoms with Gasteiger partial charge in [-0.25, -0.2) is 18.0 Å². The molecule has 4 rings (SSSR count). The van der Waals surface area contributed by atoms with Crippen molar-refractivity contribution < 1.29 is 38.1 Å². The number of fused-ring (bicyclic) bond motifs is 1. The fourth-order valence-corrected chi connectivity index (χ4v) is 4.37. The normalized spacial score (nSPS) is 11.4. The minimum Gasteiger partial charge on any atom is -0.507 e. The first kappa shape index (κ1) is 24.7. The molecule has 0 aliphatic rings. The molecule has 0 saturated heterocycles. The van der Waals surface area contributed by atoms with Crippen molar-refractivity contribution in [2.24, 2.45) is 0 Å². The molecule has 0 bridgehead atoms. The van der Waals surface area contributed by atoms with Gasteiger partial charge < -0.3 is 20.1 Å². The molecule has 4 aromatic carbocycles. The third kappa shape index (κ3) is 5.31. The molecule has 8 nitrogen and oxygen atoms in total. The molecule has 36 heavy (non-hydrogen) atoms. The first-order valence-corrected chi connectivity index (χ1v) is 12.7. The Kier molecular flexibility index (Phi) is 6.67. The van der Waals surface area contributed by atoms with Crippen molar-refractivity contribution in [3.8, 4) is 11.5 Å². The highest BCUT2D eigenvalue weighted by Crippen LogP contribution is 2.37. The van der Waals surface area contributed by atoms with E-state index in [0.717, 1.165) is 6.26 Å². The number of rotatable bonds is 7. The number of sulfone groups is 1. The number of esters is 1. The molecule has 0 spiro atoms.